The van der Waals surface area contributed by atoms with Crippen molar-refractivity contribution in [3.8, 4) is 33.4 Å². The molecule has 2 aliphatic heterocycles. The zero-order valence-corrected chi connectivity index (χ0v) is 29.4. The molecule has 0 atom stereocenters. The van der Waals surface area contributed by atoms with E-state index < -0.39 is 0 Å². The third-order valence-corrected chi connectivity index (χ3v) is 10.9. The van der Waals surface area contributed by atoms with Crippen LogP contribution in [0.1, 0.15) is 52.7 Å². The van der Waals surface area contributed by atoms with E-state index in [9.17, 15) is 0 Å². The monoisotopic (exact) mass is 646 g/mol. The van der Waals surface area contributed by atoms with Crippen molar-refractivity contribution >= 4 is 65.4 Å². The van der Waals surface area contributed by atoms with Crippen LogP contribution in [0.3, 0.4) is 0 Å². The molecule has 0 bridgehead atoms. The minimum absolute atomic E-state index is 0.0391. The molecule has 0 aromatic heterocycles. The Kier molecular flexibility index (Phi) is 5.86. The molecule has 0 aliphatic carbocycles. The van der Waals surface area contributed by atoms with E-state index in [1.165, 1.54) is 65.7 Å². The molecule has 2 heteroatoms. The van der Waals surface area contributed by atoms with Crippen LogP contribution in [0, 0.1) is 0 Å². The summed E-state index contributed by atoms with van der Waals surface area (Å²) >= 11 is 0. The van der Waals surface area contributed by atoms with E-state index in [0.717, 1.165) is 44.2 Å². The lowest BCUT2D eigenvalue weighted by Crippen LogP contribution is -2.11. The number of fused-ring (bicyclic) bond motifs is 2. The average molecular weight is 647 g/mol. The first-order chi connectivity index (χ1) is 24.1. The van der Waals surface area contributed by atoms with Crippen molar-refractivity contribution in [2.45, 2.75) is 52.4 Å². The lowest BCUT2D eigenvalue weighted by molar-refractivity contribution is 0.595. The highest BCUT2D eigenvalue weighted by Gasteiger charge is 2.27. The van der Waals surface area contributed by atoms with E-state index >= 15 is 0 Å². The topological polar surface area (TPSA) is 26.3 Å². The van der Waals surface area contributed by atoms with E-state index in [1.807, 2.05) is 0 Å². The van der Waals surface area contributed by atoms with Crippen LogP contribution in [0.5, 0.6) is 0 Å². The third-order valence-electron chi connectivity index (χ3n) is 10.9. The van der Waals surface area contributed by atoms with Crippen LogP contribution in [0.15, 0.2) is 130 Å². The summed E-state index contributed by atoms with van der Waals surface area (Å²) in [5.41, 5.74) is 13.4. The molecule has 2 heterocycles. The predicted molar refractivity (Wildman–Crippen MR) is 212 cm³/mol. The van der Waals surface area contributed by atoms with Crippen LogP contribution in [-0.4, -0.2) is 0 Å². The maximum absolute atomic E-state index is 6.80. The van der Waals surface area contributed by atoms with Crippen molar-refractivity contribution in [1.29, 1.82) is 0 Å². The van der Waals surface area contributed by atoms with Crippen molar-refractivity contribution in [2.75, 3.05) is 0 Å². The molecule has 0 saturated heterocycles. The molecule has 0 saturated carbocycles. The van der Waals surface area contributed by atoms with Crippen LogP contribution in [-0.2, 0) is 10.8 Å². The van der Waals surface area contributed by atoms with Gasteiger partial charge in [-0.3, -0.25) is 0 Å². The first-order valence-corrected chi connectivity index (χ1v) is 17.7. The van der Waals surface area contributed by atoms with Gasteiger partial charge >= 0.3 is 0 Å². The number of rotatable bonds is 2. The van der Waals surface area contributed by atoms with Gasteiger partial charge in [0.15, 0.2) is 0 Å². The van der Waals surface area contributed by atoms with E-state index in [1.54, 1.807) is 0 Å². The van der Waals surface area contributed by atoms with E-state index in [2.05, 4.69) is 163 Å². The molecular formula is C48H38O2. The second-order valence-corrected chi connectivity index (χ2v) is 16.1. The Bertz CT molecular complexity index is 2780. The van der Waals surface area contributed by atoms with Crippen LogP contribution in [0.4, 0.5) is 0 Å². The van der Waals surface area contributed by atoms with Gasteiger partial charge < -0.3 is 8.83 Å². The van der Waals surface area contributed by atoms with Gasteiger partial charge in [-0.1, -0.05) is 126 Å². The lowest BCUT2D eigenvalue weighted by atomic mass is 9.81. The molecule has 0 spiro atoms. The van der Waals surface area contributed by atoms with E-state index in [-0.39, 0.29) is 10.8 Å². The zero-order chi connectivity index (χ0) is 34.1. The molecule has 0 unspecified atom stereocenters. The minimum atomic E-state index is 0.0391. The Hall–Kier alpha value is -5.60. The lowest BCUT2D eigenvalue weighted by Gasteiger charge is -2.24. The van der Waals surface area contributed by atoms with Gasteiger partial charge in [0.1, 0.15) is 22.3 Å². The maximum atomic E-state index is 6.80. The first kappa shape index (κ1) is 29.3. The Morgan fingerprint density at radius 1 is 0.320 bits per heavy atom. The van der Waals surface area contributed by atoms with Crippen molar-refractivity contribution in [1.82, 2.24) is 0 Å². The van der Waals surface area contributed by atoms with Gasteiger partial charge in [0.25, 0.3) is 0 Å². The molecule has 0 amide bonds. The molecule has 0 fully saturated rings. The smallest absolute Gasteiger partial charge is 0.136 e. The summed E-state index contributed by atoms with van der Waals surface area (Å²) in [5, 5.41) is 9.70. The Labute approximate surface area is 291 Å². The standard InChI is InChI=1S/C48H38O2/c1-47(2,3)37-16-10-14-29-27(13-9-15-34(29)37)31-18-23-39-43-35(31)20-25-41-45(43)46-42(49-39)26-21-36-32(19-24-40(50-41)44(36)46)30-17-22-38(48(4,5)6)33-12-8-7-11-28(30)33/h7-26H,1-6H3. The molecule has 0 N–H and O–H groups in total. The van der Waals surface area contributed by atoms with Crippen LogP contribution >= 0.6 is 0 Å². The average Bonchev–Trinajstić information content (AvgIpc) is 3.11. The highest BCUT2D eigenvalue weighted by molar-refractivity contribution is 6.27. The quantitative estimate of drug-likeness (QED) is 0.138. The number of hydrogen-bond donors (Lipinski definition) is 0. The zero-order valence-electron chi connectivity index (χ0n) is 29.4. The van der Waals surface area contributed by atoms with Crippen molar-refractivity contribution in [3.05, 3.63) is 132 Å². The largest absolute Gasteiger partial charge is 0.456 e. The fourth-order valence-corrected chi connectivity index (χ4v) is 8.72. The molecule has 2 aliphatic rings. The number of hydrogen-bond acceptors (Lipinski definition) is 2. The van der Waals surface area contributed by atoms with Crippen molar-refractivity contribution < 1.29 is 8.83 Å². The molecule has 8 aromatic rings. The summed E-state index contributed by atoms with van der Waals surface area (Å²) < 4.78 is 13.6. The summed E-state index contributed by atoms with van der Waals surface area (Å²) in [6.07, 6.45) is 0. The maximum Gasteiger partial charge on any atom is 0.136 e. The first-order valence-electron chi connectivity index (χ1n) is 17.7. The Morgan fingerprint density at radius 2 is 0.720 bits per heavy atom. The van der Waals surface area contributed by atoms with Gasteiger partial charge in [-0.15, -0.1) is 0 Å². The molecule has 8 aromatic carbocycles. The Morgan fingerprint density at radius 3 is 1.28 bits per heavy atom. The van der Waals surface area contributed by atoms with Gasteiger partial charge in [-0.2, -0.15) is 0 Å². The SMILES string of the molecule is CC(C)(C)c1cccc2c(-c3ccc4oc5ccc6c(-c7ccc(C(C)(C)C)c8ccccc78)ccc7oc8ccc3c4c8-c5c76)cccc12. The molecule has 242 valence electrons. The highest BCUT2D eigenvalue weighted by Crippen LogP contribution is 2.51. The summed E-state index contributed by atoms with van der Waals surface area (Å²) in [4.78, 5) is 0. The summed E-state index contributed by atoms with van der Waals surface area (Å²) in [6, 6.07) is 44.4. The molecular weight excluding hydrogens is 609 g/mol. The van der Waals surface area contributed by atoms with E-state index in [0.29, 0.717) is 0 Å². The fraction of sp³-hybridized carbons (Fsp3) is 0.167. The van der Waals surface area contributed by atoms with Crippen LogP contribution in [0.2, 0.25) is 0 Å². The summed E-state index contributed by atoms with van der Waals surface area (Å²) in [5.74, 6) is 0. The molecule has 10 rings (SSSR count). The molecule has 2 nitrogen and oxygen atoms in total. The Balaban J connectivity index is 1.26. The minimum Gasteiger partial charge on any atom is -0.456 e. The number of benzene rings is 8. The van der Waals surface area contributed by atoms with Crippen LogP contribution < -0.4 is 0 Å². The van der Waals surface area contributed by atoms with Gasteiger partial charge in [0.2, 0.25) is 0 Å². The van der Waals surface area contributed by atoms with E-state index in [4.69, 9.17) is 8.83 Å². The second-order valence-electron chi connectivity index (χ2n) is 16.1. The van der Waals surface area contributed by atoms with Gasteiger partial charge in [0, 0.05) is 21.9 Å². The van der Waals surface area contributed by atoms with Gasteiger partial charge in [-0.05, 0) is 113 Å². The van der Waals surface area contributed by atoms with Crippen LogP contribution in [0.25, 0.3) is 98.8 Å². The highest BCUT2D eigenvalue weighted by atomic mass is 16.3. The van der Waals surface area contributed by atoms with Crippen molar-refractivity contribution in [2.24, 2.45) is 0 Å². The van der Waals surface area contributed by atoms with Gasteiger partial charge in [0.05, 0.1) is 0 Å². The normalized spacial score (nSPS) is 13.0. The molecule has 0 radical (unpaired) electrons. The summed E-state index contributed by atoms with van der Waals surface area (Å²) in [6.45, 7) is 13.7. The van der Waals surface area contributed by atoms with Gasteiger partial charge in [-0.25, -0.2) is 0 Å². The third kappa shape index (κ3) is 4.02. The fourth-order valence-electron chi connectivity index (χ4n) is 8.72. The molecule has 50 heavy (non-hydrogen) atoms. The predicted octanol–water partition coefficient (Wildman–Crippen LogP) is 14.3. The van der Waals surface area contributed by atoms with Crippen molar-refractivity contribution in [3.63, 3.8) is 0 Å². The second kappa shape index (κ2) is 9.98. The summed E-state index contributed by atoms with van der Waals surface area (Å²) in [7, 11) is 0.